The van der Waals surface area contributed by atoms with E-state index in [9.17, 15) is 23.6 Å². The van der Waals surface area contributed by atoms with Crippen LogP contribution in [0.3, 0.4) is 0 Å². The van der Waals surface area contributed by atoms with Crippen LogP contribution in [0.25, 0.3) is 16.0 Å². The van der Waals surface area contributed by atoms with Crippen molar-refractivity contribution in [2.45, 2.75) is 90.6 Å². The quantitative estimate of drug-likeness (QED) is 0.259. The summed E-state index contributed by atoms with van der Waals surface area (Å²) < 4.78 is 19.8. The van der Waals surface area contributed by atoms with Gasteiger partial charge in [-0.25, -0.2) is 14.0 Å². The molecule has 2 saturated heterocycles. The van der Waals surface area contributed by atoms with E-state index in [0.29, 0.717) is 56.1 Å². The number of hydrogen-bond donors (Lipinski definition) is 0. The molecule has 10 heteroatoms. The van der Waals surface area contributed by atoms with Crippen molar-refractivity contribution in [1.29, 1.82) is 0 Å². The van der Waals surface area contributed by atoms with Gasteiger partial charge in [0.05, 0.1) is 6.57 Å². The summed E-state index contributed by atoms with van der Waals surface area (Å²) in [6, 6.07) is 6.20. The Morgan fingerprint density at radius 1 is 1.02 bits per heavy atom. The maximum atomic E-state index is 14.3. The summed E-state index contributed by atoms with van der Waals surface area (Å²) in [6.45, 7) is 16.4. The number of likely N-dealkylation sites (tertiary alicyclic amines) is 2. The number of piperidine rings is 2. The number of ether oxygens (including phenoxy) is 1. The van der Waals surface area contributed by atoms with Crippen molar-refractivity contribution in [2.24, 2.45) is 11.8 Å². The number of hydrogen-bond acceptors (Lipinski definition) is 6. The SMILES string of the molecule is [C-]#[N+]c1ccc(-c2cncc(C(CC(C)=O)CC(=O)[C@@H]3CCCN(C(=O)CCC4CCN(C(=O)OC(C)(C)C)CC4)C3)c2)cc1F. The summed E-state index contributed by atoms with van der Waals surface area (Å²) in [5.41, 5.74) is 1.33. The smallest absolute Gasteiger partial charge is 0.410 e. The van der Waals surface area contributed by atoms with Crippen LogP contribution < -0.4 is 0 Å². The highest BCUT2D eigenvalue weighted by atomic mass is 19.1. The number of nitrogens with zero attached hydrogens (tertiary/aromatic N) is 4. The Hall–Kier alpha value is -4.13. The zero-order valence-electron chi connectivity index (χ0n) is 27.4. The maximum absolute atomic E-state index is 14.3. The predicted octanol–water partition coefficient (Wildman–Crippen LogP) is 7.13. The average Bonchev–Trinajstić information content (AvgIpc) is 3.02. The first-order valence-electron chi connectivity index (χ1n) is 16.2. The Labute approximate surface area is 271 Å². The summed E-state index contributed by atoms with van der Waals surface area (Å²) in [4.78, 5) is 62.4. The second-order valence-electron chi connectivity index (χ2n) is 13.7. The lowest BCUT2D eigenvalue weighted by Gasteiger charge is -2.35. The number of carbonyl (C=O) groups is 4. The summed E-state index contributed by atoms with van der Waals surface area (Å²) in [5.74, 6) is -0.903. The monoisotopic (exact) mass is 632 g/mol. The minimum Gasteiger partial charge on any atom is -0.444 e. The lowest BCUT2D eigenvalue weighted by Crippen LogP contribution is -2.43. The normalized spacial score (nSPS) is 18.0. The highest BCUT2D eigenvalue weighted by Gasteiger charge is 2.32. The molecule has 0 bridgehead atoms. The van der Waals surface area contributed by atoms with E-state index in [0.717, 1.165) is 31.2 Å². The lowest BCUT2D eigenvalue weighted by molar-refractivity contribution is -0.135. The molecule has 0 radical (unpaired) electrons. The molecular weight excluding hydrogens is 587 g/mol. The van der Waals surface area contributed by atoms with Crippen LogP contribution in [0, 0.1) is 24.2 Å². The van der Waals surface area contributed by atoms with Gasteiger partial charge in [0.1, 0.15) is 23.0 Å². The van der Waals surface area contributed by atoms with Crippen molar-refractivity contribution in [3.8, 4) is 11.1 Å². The zero-order valence-corrected chi connectivity index (χ0v) is 27.4. The van der Waals surface area contributed by atoms with E-state index in [4.69, 9.17) is 11.3 Å². The fourth-order valence-electron chi connectivity index (χ4n) is 6.36. The molecule has 2 aromatic rings. The number of amides is 2. The van der Waals surface area contributed by atoms with Crippen molar-refractivity contribution in [2.75, 3.05) is 26.2 Å². The second-order valence-corrected chi connectivity index (χ2v) is 13.7. The Kier molecular flexibility index (Phi) is 11.7. The van der Waals surface area contributed by atoms with Gasteiger partial charge in [0.2, 0.25) is 11.6 Å². The van der Waals surface area contributed by atoms with Gasteiger partial charge < -0.3 is 19.3 Å². The van der Waals surface area contributed by atoms with Gasteiger partial charge in [0.15, 0.2) is 0 Å². The van der Waals surface area contributed by atoms with Crippen LogP contribution >= 0.6 is 0 Å². The summed E-state index contributed by atoms with van der Waals surface area (Å²) in [5, 5.41) is 0. The summed E-state index contributed by atoms with van der Waals surface area (Å²) in [6.07, 6.45) is 7.56. The molecule has 2 amide bonds. The Balaban J connectivity index is 1.32. The molecule has 246 valence electrons. The molecule has 3 heterocycles. The minimum atomic E-state index is -0.617. The molecule has 0 aliphatic carbocycles. The Bertz CT molecular complexity index is 1470. The van der Waals surface area contributed by atoms with E-state index >= 15 is 0 Å². The molecule has 4 rings (SSSR count). The number of rotatable bonds is 10. The van der Waals surface area contributed by atoms with E-state index in [2.05, 4.69) is 9.83 Å². The van der Waals surface area contributed by atoms with E-state index < -0.39 is 11.4 Å². The molecule has 2 fully saturated rings. The molecular formula is C36H45FN4O5. The molecule has 2 atom stereocenters. The van der Waals surface area contributed by atoms with Gasteiger partial charge in [-0.15, -0.1) is 0 Å². The third kappa shape index (κ3) is 9.68. The van der Waals surface area contributed by atoms with Gasteiger partial charge in [0, 0.05) is 69.3 Å². The minimum absolute atomic E-state index is 0.0242. The van der Waals surface area contributed by atoms with Crippen molar-refractivity contribution in [3.05, 3.63) is 59.5 Å². The van der Waals surface area contributed by atoms with Crippen LogP contribution in [0.1, 0.15) is 90.5 Å². The van der Waals surface area contributed by atoms with Gasteiger partial charge in [-0.2, -0.15) is 0 Å². The van der Waals surface area contributed by atoms with E-state index in [1.54, 1.807) is 23.4 Å². The molecule has 2 aliphatic rings. The molecule has 1 unspecified atom stereocenters. The second kappa shape index (κ2) is 15.4. The first-order valence-corrected chi connectivity index (χ1v) is 16.2. The number of benzene rings is 1. The fourth-order valence-corrected chi connectivity index (χ4v) is 6.36. The number of aromatic nitrogens is 1. The third-order valence-electron chi connectivity index (χ3n) is 8.88. The van der Waals surface area contributed by atoms with Crippen LogP contribution in [0.2, 0.25) is 0 Å². The largest absolute Gasteiger partial charge is 0.444 e. The van der Waals surface area contributed by atoms with Crippen molar-refractivity contribution in [1.82, 2.24) is 14.8 Å². The molecule has 0 spiro atoms. The van der Waals surface area contributed by atoms with Crippen LogP contribution in [0.4, 0.5) is 14.9 Å². The van der Waals surface area contributed by atoms with Gasteiger partial charge >= 0.3 is 6.09 Å². The third-order valence-corrected chi connectivity index (χ3v) is 8.88. The molecule has 46 heavy (non-hydrogen) atoms. The van der Waals surface area contributed by atoms with E-state index in [1.807, 2.05) is 31.7 Å². The van der Waals surface area contributed by atoms with Gasteiger partial charge in [-0.05, 0) is 94.9 Å². The average molecular weight is 633 g/mol. The maximum Gasteiger partial charge on any atom is 0.410 e. The summed E-state index contributed by atoms with van der Waals surface area (Å²) >= 11 is 0. The molecule has 1 aromatic carbocycles. The molecule has 1 aromatic heterocycles. The number of ketones is 2. The standard InChI is InChI=1S/C36H45FN4O5/c1-24(42)17-28(30-18-29(21-39-22-30)26-9-10-32(38-5)31(37)19-26)20-33(43)27-7-6-14-41(23-27)34(44)11-8-25-12-15-40(16-13-25)35(45)46-36(2,3)4/h9-10,18-19,21-22,25,27-28H,6-8,11-17,20,23H2,1-4H3/t27-,28?/m1/s1. The van der Waals surface area contributed by atoms with Gasteiger partial charge in [-0.3, -0.25) is 14.6 Å². The zero-order chi connectivity index (χ0) is 33.4. The molecule has 0 saturated carbocycles. The topological polar surface area (TPSA) is 101 Å². The fraction of sp³-hybridized carbons (Fsp3) is 0.556. The van der Waals surface area contributed by atoms with Crippen LogP contribution in [-0.2, 0) is 19.1 Å². The predicted molar refractivity (Wildman–Crippen MR) is 173 cm³/mol. The molecule has 0 N–H and O–H groups in total. The Morgan fingerprint density at radius 2 is 1.76 bits per heavy atom. The number of pyridine rings is 1. The van der Waals surface area contributed by atoms with Gasteiger partial charge in [0.25, 0.3) is 0 Å². The van der Waals surface area contributed by atoms with Crippen molar-refractivity contribution in [3.63, 3.8) is 0 Å². The van der Waals surface area contributed by atoms with Crippen molar-refractivity contribution >= 4 is 29.3 Å². The molecule has 2 aliphatic heterocycles. The van der Waals surface area contributed by atoms with Crippen LogP contribution in [0.5, 0.6) is 0 Å². The lowest BCUT2D eigenvalue weighted by atomic mass is 9.83. The number of Topliss-reactive ketones (excluding diaryl/α,β-unsaturated/α-hetero) is 2. The first-order chi connectivity index (χ1) is 21.8. The number of halogens is 1. The van der Waals surface area contributed by atoms with E-state index in [-0.39, 0.29) is 53.9 Å². The van der Waals surface area contributed by atoms with Crippen molar-refractivity contribution < 1.29 is 28.3 Å². The van der Waals surface area contributed by atoms with Crippen LogP contribution in [-0.4, -0.2) is 70.1 Å². The highest BCUT2D eigenvalue weighted by molar-refractivity contribution is 5.85. The summed E-state index contributed by atoms with van der Waals surface area (Å²) in [7, 11) is 0. The van der Waals surface area contributed by atoms with E-state index in [1.165, 1.54) is 19.1 Å². The molecule has 9 nitrogen and oxygen atoms in total. The number of carbonyl (C=O) groups excluding carboxylic acids is 4. The Morgan fingerprint density at radius 3 is 2.41 bits per heavy atom. The van der Waals surface area contributed by atoms with Crippen LogP contribution in [0.15, 0.2) is 36.7 Å². The van der Waals surface area contributed by atoms with Gasteiger partial charge in [-0.1, -0.05) is 12.1 Å². The highest BCUT2D eigenvalue weighted by Crippen LogP contribution is 2.32. The first kappa shape index (κ1) is 34.7.